The number of halogens is 1. The molecule has 1 aromatic heterocycles. The Morgan fingerprint density at radius 3 is 2.44 bits per heavy atom. The van der Waals surface area contributed by atoms with Crippen LogP contribution in [0.3, 0.4) is 0 Å². The van der Waals surface area contributed by atoms with E-state index < -0.39 is 23.5 Å². The second-order valence-electron chi connectivity index (χ2n) is 8.56. The Morgan fingerprint density at radius 2 is 1.76 bits per heavy atom. The van der Waals surface area contributed by atoms with Gasteiger partial charge in [0, 0.05) is 12.1 Å². The summed E-state index contributed by atoms with van der Waals surface area (Å²) in [5.41, 5.74) is 1.73. The topological polar surface area (TPSA) is 78.7 Å². The highest BCUT2D eigenvalue weighted by Gasteiger charge is 2.47. The lowest BCUT2D eigenvalue weighted by molar-refractivity contribution is -0.140. The van der Waals surface area contributed by atoms with Gasteiger partial charge < -0.3 is 14.9 Å². The molecule has 0 saturated carbocycles. The lowest BCUT2D eigenvalue weighted by atomic mass is 9.95. The van der Waals surface area contributed by atoms with Crippen LogP contribution < -0.4 is 0 Å². The largest absolute Gasteiger partial charge is 0.507 e. The van der Waals surface area contributed by atoms with Gasteiger partial charge in [0.15, 0.2) is 0 Å². The number of likely N-dealkylation sites (tertiary alicyclic amines) is 1. The fourth-order valence-corrected chi connectivity index (χ4v) is 4.30. The molecule has 176 valence electrons. The highest BCUT2D eigenvalue weighted by atomic mass is 19.1. The number of nitrogens with zero attached hydrogens (tertiary/aromatic N) is 4. The van der Waals surface area contributed by atoms with Crippen LogP contribution in [-0.4, -0.2) is 63.6 Å². The number of para-hydroxylation sites is 1. The van der Waals surface area contributed by atoms with Crippen molar-refractivity contribution >= 4 is 17.4 Å². The van der Waals surface area contributed by atoms with Crippen molar-refractivity contribution in [3.8, 4) is 5.69 Å². The first-order chi connectivity index (χ1) is 16.3. The van der Waals surface area contributed by atoms with Gasteiger partial charge in [-0.05, 0) is 52.2 Å². The molecule has 1 amide bonds. The van der Waals surface area contributed by atoms with Crippen LogP contribution in [0, 0.1) is 12.7 Å². The van der Waals surface area contributed by atoms with Crippen LogP contribution in [0.15, 0.2) is 66.4 Å². The molecule has 1 atom stereocenters. The molecule has 8 heteroatoms. The Kier molecular flexibility index (Phi) is 6.61. The van der Waals surface area contributed by atoms with E-state index in [0.29, 0.717) is 24.2 Å². The Morgan fingerprint density at radius 1 is 1.09 bits per heavy atom. The van der Waals surface area contributed by atoms with E-state index in [4.69, 9.17) is 0 Å². The fraction of sp³-hybridized carbons (Fsp3) is 0.269. The van der Waals surface area contributed by atoms with E-state index in [1.54, 1.807) is 29.8 Å². The van der Waals surface area contributed by atoms with Crippen molar-refractivity contribution in [2.24, 2.45) is 0 Å². The number of carbonyl (C=O) groups is 2. The third-order valence-electron chi connectivity index (χ3n) is 6.01. The summed E-state index contributed by atoms with van der Waals surface area (Å²) in [4.78, 5) is 29.5. The molecule has 7 nitrogen and oxygen atoms in total. The van der Waals surface area contributed by atoms with E-state index in [2.05, 4.69) is 5.10 Å². The molecule has 1 aliphatic heterocycles. The van der Waals surface area contributed by atoms with E-state index >= 15 is 0 Å². The molecule has 0 radical (unpaired) electrons. The summed E-state index contributed by atoms with van der Waals surface area (Å²) in [6.07, 6.45) is 2.05. The number of hydrogen-bond acceptors (Lipinski definition) is 5. The monoisotopic (exact) mass is 462 g/mol. The number of aliphatic hydroxyl groups is 1. The van der Waals surface area contributed by atoms with Crippen molar-refractivity contribution in [1.82, 2.24) is 19.6 Å². The number of benzene rings is 2. The number of amides is 1. The van der Waals surface area contributed by atoms with Crippen molar-refractivity contribution in [3.63, 3.8) is 0 Å². The second-order valence-corrected chi connectivity index (χ2v) is 8.56. The number of aliphatic hydroxyl groups excluding tert-OH is 1. The van der Waals surface area contributed by atoms with E-state index in [0.717, 1.165) is 5.69 Å². The van der Waals surface area contributed by atoms with Crippen LogP contribution in [0.4, 0.5) is 4.39 Å². The smallest absolute Gasteiger partial charge is 0.295 e. The standard InChI is InChI=1S/C26H27FN4O3/c1-17-20(16-28-31(17)18-10-5-4-6-11-18)24(32)22-23(19-12-7-8-13-21(19)27)30(26(34)25(22)33)15-9-14-29(2)3/h4-8,10-13,16,23,32H,9,14-15H2,1-3H3/b24-22+/t23-/m0/s1. The molecule has 4 rings (SSSR count). The number of hydrogen-bond donors (Lipinski definition) is 1. The molecule has 34 heavy (non-hydrogen) atoms. The quantitative estimate of drug-likeness (QED) is 0.329. The minimum Gasteiger partial charge on any atom is -0.507 e. The van der Waals surface area contributed by atoms with Gasteiger partial charge in [-0.1, -0.05) is 36.4 Å². The van der Waals surface area contributed by atoms with E-state index in [9.17, 15) is 19.1 Å². The zero-order chi connectivity index (χ0) is 24.4. The predicted molar refractivity (Wildman–Crippen MR) is 127 cm³/mol. The average molecular weight is 463 g/mol. The molecule has 0 spiro atoms. The van der Waals surface area contributed by atoms with Crippen molar-refractivity contribution in [2.45, 2.75) is 19.4 Å². The van der Waals surface area contributed by atoms with Gasteiger partial charge in [-0.25, -0.2) is 9.07 Å². The van der Waals surface area contributed by atoms with Crippen molar-refractivity contribution < 1.29 is 19.1 Å². The lowest BCUT2D eigenvalue weighted by Crippen LogP contribution is -2.32. The van der Waals surface area contributed by atoms with Gasteiger partial charge in [0.1, 0.15) is 11.6 Å². The SMILES string of the molecule is Cc1c(/C(O)=C2\C(=O)C(=O)N(CCCN(C)C)[C@H]2c2ccccc2F)cnn1-c1ccccc1. The Hall–Kier alpha value is -3.78. The highest BCUT2D eigenvalue weighted by Crippen LogP contribution is 2.40. The number of ketones is 1. The maximum absolute atomic E-state index is 14.9. The molecule has 0 bridgehead atoms. The van der Waals surface area contributed by atoms with Gasteiger partial charge in [0.2, 0.25) is 0 Å². The van der Waals surface area contributed by atoms with Crippen LogP contribution in [0.2, 0.25) is 0 Å². The van der Waals surface area contributed by atoms with Crippen LogP contribution in [0.1, 0.15) is 29.3 Å². The van der Waals surface area contributed by atoms with Crippen LogP contribution >= 0.6 is 0 Å². The lowest BCUT2D eigenvalue weighted by Gasteiger charge is -2.26. The first kappa shape index (κ1) is 23.4. The summed E-state index contributed by atoms with van der Waals surface area (Å²) in [6, 6.07) is 14.4. The summed E-state index contributed by atoms with van der Waals surface area (Å²) in [5.74, 6) is -2.49. The van der Waals surface area contributed by atoms with Gasteiger partial charge >= 0.3 is 0 Å². The number of aromatic nitrogens is 2. The Balaban J connectivity index is 1.83. The first-order valence-corrected chi connectivity index (χ1v) is 11.1. The van der Waals surface area contributed by atoms with E-state index in [1.807, 2.05) is 49.3 Å². The first-order valence-electron chi connectivity index (χ1n) is 11.1. The molecule has 2 aromatic carbocycles. The van der Waals surface area contributed by atoms with Crippen molar-refractivity contribution in [3.05, 3.63) is 89.0 Å². The zero-order valence-electron chi connectivity index (χ0n) is 19.4. The van der Waals surface area contributed by atoms with Crippen molar-refractivity contribution in [1.29, 1.82) is 0 Å². The molecule has 2 heterocycles. The van der Waals surface area contributed by atoms with Gasteiger partial charge in [-0.3, -0.25) is 9.59 Å². The third kappa shape index (κ3) is 4.24. The van der Waals surface area contributed by atoms with Crippen LogP contribution in [-0.2, 0) is 9.59 Å². The molecule has 1 aliphatic rings. The van der Waals surface area contributed by atoms with Crippen LogP contribution in [0.5, 0.6) is 0 Å². The Labute approximate surface area is 197 Å². The minimum atomic E-state index is -1.03. The summed E-state index contributed by atoms with van der Waals surface area (Å²) in [6.45, 7) is 2.71. The van der Waals surface area contributed by atoms with Gasteiger partial charge in [0.25, 0.3) is 11.7 Å². The maximum Gasteiger partial charge on any atom is 0.295 e. The Bertz CT molecular complexity index is 1250. The number of Topliss-reactive ketones (excluding diaryl/α,β-unsaturated/α-hetero) is 1. The van der Waals surface area contributed by atoms with E-state index in [-0.39, 0.29) is 23.4 Å². The van der Waals surface area contributed by atoms with Crippen LogP contribution in [0.25, 0.3) is 11.4 Å². The van der Waals surface area contributed by atoms with Gasteiger partial charge in [-0.2, -0.15) is 5.10 Å². The second kappa shape index (κ2) is 9.61. The molecule has 0 unspecified atom stereocenters. The average Bonchev–Trinajstić information content (AvgIpc) is 3.32. The number of rotatable bonds is 7. The molecule has 1 N–H and O–H groups in total. The van der Waals surface area contributed by atoms with E-state index in [1.165, 1.54) is 17.2 Å². The summed E-state index contributed by atoms with van der Waals surface area (Å²) < 4.78 is 16.5. The molecular weight excluding hydrogens is 435 g/mol. The fourth-order valence-electron chi connectivity index (χ4n) is 4.30. The zero-order valence-corrected chi connectivity index (χ0v) is 19.4. The molecule has 1 saturated heterocycles. The summed E-state index contributed by atoms with van der Waals surface area (Å²) >= 11 is 0. The van der Waals surface area contributed by atoms with Crippen molar-refractivity contribution in [2.75, 3.05) is 27.2 Å². The normalized spacial score (nSPS) is 17.7. The van der Waals surface area contributed by atoms with Gasteiger partial charge in [0.05, 0.1) is 34.8 Å². The molecular formula is C26H27FN4O3. The summed E-state index contributed by atoms with van der Waals surface area (Å²) in [7, 11) is 3.82. The molecule has 3 aromatic rings. The molecule has 0 aliphatic carbocycles. The third-order valence-corrected chi connectivity index (χ3v) is 6.01. The predicted octanol–water partition coefficient (Wildman–Crippen LogP) is 3.69. The minimum absolute atomic E-state index is 0.129. The number of carbonyl (C=O) groups excluding carboxylic acids is 2. The van der Waals surface area contributed by atoms with Gasteiger partial charge in [-0.15, -0.1) is 0 Å². The maximum atomic E-state index is 14.9. The summed E-state index contributed by atoms with van der Waals surface area (Å²) in [5, 5.41) is 15.7. The molecule has 1 fully saturated rings. The highest BCUT2D eigenvalue weighted by molar-refractivity contribution is 6.46.